The van der Waals surface area contributed by atoms with Crippen molar-refractivity contribution >= 4 is 17.7 Å². The van der Waals surface area contributed by atoms with Gasteiger partial charge < -0.3 is 9.64 Å². The van der Waals surface area contributed by atoms with Crippen molar-refractivity contribution < 1.29 is 17.9 Å². The van der Waals surface area contributed by atoms with Gasteiger partial charge in [-0.05, 0) is 41.2 Å². The number of halogens is 3. The monoisotopic (exact) mass is 639 g/mol. The van der Waals surface area contributed by atoms with Gasteiger partial charge in [-0.25, -0.2) is 23.1 Å². The molecule has 1 saturated heterocycles. The fourth-order valence-electron chi connectivity index (χ4n) is 6.23. The van der Waals surface area contributed by atoms with Crippen LogP contribution in [-0.4, -0.2) is 34.4 Å². The molecule has 6 rings (SSSR count). The Bertz CT molecular complexity index is 1610. The molecule has 236 valence electrons. The normalized spacial score (nSPS) is 16.6. The zero-order valence-corrected chi connectivity index (χ0v) is 26.5. The van der Waals surface area contributed by atoms with Gasteiger partial charge in [0, 0.05) is 35.8 Å². The van der Waals surface area contributed by atoms with E-state index in [1.54, 1.807) is 0 Å². The molecular formula is C38H36F3N3OS. The van der Waals surface area contributed by atoms with Crippen LogP contribution in [0.1, 0.15) is 47.6 Å². The smallest absolute Gasteiger partial charge is 0.225 e. The van der Waals surface area contributed by atoms with E-state index in [2.05, 4.69) is 84.6 Å². The molecule has 1 aromatic heterocycles. The third-order valence-electron chi connectivity index (χ3n) is 8.40. The predicted molar refractivity (Wildman–Crippen MR) is 178 cm³/mol. The van der Waals surface area contributed by atoms with Gasteiger partial charge >= 0.3 is 0 Å². The van der Waals surface area contributed by atoms with E-state index < -0.39 is 22.2 Å². The van der Waals surface area contributed by atoms with Crippen molar-refractivity contribution in [1.82, 2.24) is 9.97 Å². The summed E-state index contributed by atoms with van der Waals surface area (Å²) in [6.45, 7) is 2.85. The van der Waals surface area contributed by atoms with Crippen molar-refractivity contribution in [2.75, 3.05) is 18.1 Å². The van der Waals surface area contributed by atoms with Crippen molar-refractivity contribution in [3.05, 3.63) is 161 Å². The number of aromatic nitrogens is 2. The van der Waals surface area contributed by atoms with Gasteiger partial charge in [0.2, 0.25) is 5.95 Å². The first-order valence-corrected chi connectivity index (χ1v) is 16.5. The van der Waals surface area contributed by atoms with Crippen molar-refractivity contribution in [2.45, 2.75) is 48.8 Å². The number of aryl methyl sites for hydroxylation is 1. The lowest BCUT2D eigenvalue weighted by Gasteiger charge is -2.37. The maximum Gasteiger partial charge on any atom is 0.225 e. The molecule has 2 heterocycles. The largest absolute Gasteiger partial charge is 0.375 e. The Morgan fingerprint density at radius 2 is 1.33 bits per heavy atom. The quantitative estimate of drug-likeness (QED) is 0.101. The molecule has 0 saturated carbocycles. The second-order valence-corrected chi connectivity index (χ2v) is 13.1. The molecule has 5 aromatic rings. The summed E-state index contributed by atoms with van der Waals surface area (Å²) in [6, 6.07) is 33.0. The summed E-state index contributed by atoms with van der Waals surface area (Å²) in [5.41, 5.74) is 4.59. The van der Waals surface area contributed by atoms with E-state index in [9.17, 15) is 13.2 Å². The highest BCUT2D eigenvalue weighted by Gasteiger charge is 2.43. The van der Waals surface area contributed by atoms with Crippen LogP contribution < -0.4 is 4.90 Å². The number of hydrogen-bond donors (Lipinski definition) is 0. The predicted octanol–water partition coefficient (Wildman–Crippen LogP) is 8.74. The zero-order valence-electron chi connectivity index (χ0n) is 25.7. The topological polar surface area (TPSA) is 38.2 Å². The molecule has 8 heteroatoms. The first-order chi connectivity index (χ1) is 22.5. The summed E-state index contributed by atoms with van der Waals surface area (Å²) in [4.78, 5) is 11.6. The number of thioether (sulfide) groups is 1. The van der Waals surface area contributed by atoms with Crippen LogP contribution in [0.5, 0.6) is 0 Å². The summed E-state index contributed by atoms with van der Waals surface area (Å²) in [5.74, 6) is -2.53. The molecule has 1 aliphatic heterocycles. The average molecular weight is 640 g/mol. The number of rotatable bonds is 12. The molecule has 46 heavy (non-hydrogen) atoms. The van der Waals surface area contributed by atoms with E-state index >= 15 is 0 Å². The summed E-state index contributed by atoms with van der Waals surface area (Å²) in [5, 5.41) is 0.133. The Morgan fingerprint density at radius 1 is 0.783 bits per heavy atom. The lowest BCUT2D eigenvalue weighted by Crippen LogP contribution is -2.35. The van der Waals surface area contributed by atoms with Crippen LogP contribution >= 0.6 is 11.8 Å². The van der Waals surface area contributed by atoms with Crippen LogP contribution in [0.3, 0.4) is 0 Å². The molecule has 0 spiro atoms. The number of hydrogen-bond acceptors (Lipinski definition) is 5. The lowest BCUT2D eigenvalue weighted by atomic mass is 9.84. The highest BCUT2D eigenvalue weighted by molar-refractivity contribution is 8.01. The van der Waals surface area contributed by atoms with E-state index in [-0.39, 0.29) is 30.1 Å². The SMILES string of the molecule is CCCc1cnc(N2CC(SC(c3ccccc3)(c3ccccc3)c3ccccc3)CC2COCc2cc(F)c(F)cc2F)nc1. The number of benzene rings is 4. The fraction of sp³-hybridized carbons (Fsp3) is 0.263. The standard InChI is InChI=1S/C38H36F3N3OS/c1-2-12-27-22-42-37(43-23-27)44-24-33(20-32(44)26-45-25-28-19-35(40)36(41)21-34(28)39)46-38(29-13-6-3-7-14-29,30-15-8-4-9-16-30)31-17-10-5-11-18-31/h3-11,13-19,21-23,32-33H,2,12,20,24-26H2,1H3. The first kappa shape index (κ1) is 31.8. The zero-order chi connectivity index (χ0) is 31.9. The third kappa shape index (κ3) is 6.83. The van der Waals surface area contributed by atoms with E-state index in [0.717, 1.165) is 30.9 Å². The second-order valence-electron chi connectivity index (χ2n) is 11.6. The van der Waals surface area contributed by atoms with E-state index in [1.165, 1.54) is 16.7 Å². The first-order valence-electron chi connectivity index (χ1n) is 15.6. The molecular weight excluding hydrogens is 603 g/mol. The van der Waals surface area contributed by atoms with Gasteiger partial charge in [-0.3, -0.25) is 0 Å². The molecule has 1 fully saturated rings. The van der Waals surface area contributed by atoms with Crippen molar-refractivity contribution in [3.8, 4) is 0 Å². The summed E-state index contributed by atoms with van der Waals surface area (Å²) >= 11 is 1.90. The van der Waals surface area contributed by atoms with Crippen molar-refractivity contribution in [2.24, 2.45) is 0 Å². The maximum atomic E-state index is 14.4. The average Bonchev–Trinajstić information content (AvgIpc) is 3.49. The van der Waals surface area contributed by atoms with E-state index in [4.69, 9.17) is 14.7 Å². The van der Waals surface area contributed by atoms with Gasteiger partial charge in [-0.15, -0.1) is 11.8 Å². The molecule has 0 N–H and O–H groups in total. The second kappa shape index (κ2) is 14.5. The molecule has 2 atom stereocenters. The van der Waals surface area contributed by atoms with Crippen LogP contribution in [0.2, 0.25) is 0 Å². The Balaban J connectivity index is 1.33. The number of anilines is 1. The summed E-state index contributed by atoms with van der Waals surface area (Å²) < 4.78 is 47.2. The highest BCUT2D eigenvalue weighted by atomic mass is 32.2. The number of nitrogens with zero attached hydrogens (tertiary/aromatic N) is 3. The minimum absolute atomic E-state index is 0.0224. The lowest BCUT2D eigenvalue weighted by molar-refractivity contribution is 0.106. The number of ether oxygens (including phenoxy) is 1. The van der Waals surface area contributed by atoms with Crippen molar-refractivity contribution in [1.29, 1.82) is 0 Å². The molecule has 1 aliphatic rings. The Morgan fingerprint density at radius 3 is 1.87 bits per heavy atom. The third-order valence-corrected chi connectivity index (χ3v) is 10.1. The molecule has 0 aliphatic carbocycles. The highest BCUT2D eigenvalue weighted by Crippen LogP contribution is 2.52. The summed E-state index contributed by atoms with van der Waals surface area (Å²) in [6.07, 6.45) is 6.41. The van der Waals surface area contributed by atoms with Crippen LogP contribution in [-0.2, 0) is 22.5 Å². The maximum absolute atomic E-state index is 14.4. The molecule has 0 radical (unpaired) electrons. The van der Waals surface area contributed by atoms with Gasteiger partial charge in [0.1, 0.15) is 5.82 Å². The Hall–Kier alpha value is -4.14. The van der Waals surface area contributed by atoms with Crippen LogP contribution in [0.4, 0.5) is 19.1 Å². The van der Waals surface area contributed by atoms with E-state index in [1.807, 2.05) is 42.4 Å². The Labute approximate surface area is 272 Å². The van der Waals surface area contributed by atoms with Gasteiger partial charge in [0.25, 0.3) is 0 Å². The molecule has 0 amide bonds. The minimum Gasteiger partial charge on any atom is -0.375 e. The van der Waals surface area contributed by atoms with Crippen LogP contribution in [0, 0.1) is 17.5 Å². The van der Waals surface area contributed by atoms with Gasteiger partial charge in [0.05, 0.1) is 24.0 Å². The minimum atomic E-state index is -1.22. The van der Waals surface area contributed by atoms with Gasteiger partial charge in [-0.1, -0.05) is 104 Å². The fourth-order valence-corrected chi connectivity index (χ4v) is 8.10. The van der Waals surface area contributed by atoms with Crippen LogP contribution in [0.15, 0.2) is 116 Å². The van der Waals surface area contributed by atoms with Gasteiger partial charge in [0.15, 0.2) is 11.6 Å². The molecule has 0 bridgehead atoms. The Kier molecular flexibility index (Phi) is 10.0. The summed E-state index contributed by atoms with van der Waals surface area (Å²) in [7, 11) is 0. The van der Waals surface area contributed by atoms with Gasteiger partial charge in [-0.2, -0.15) is 0 Å². The van der Waals surface area contributed by atoms with E-state index in [0.29, 0.717) is 18.6 Å². The molecule has 4 aromatic carbocycles. The molecule has 2 unspecified atom stereocenters. The molecule has 4 nitrogen and oxygen atoms in total. The van der Waals surface area contributed by atoms with Crippen molar-refractivity contribution in [3.63, 3.8) is 0 Å². The van der Waals surface area contributed by atoms with Crippen LogP contribution in [0.25, 0.3) is 0 Å².